The lowest BCUT2D eigenvalue weighted by molar-refractivity contribution is -0.117. The third-order valence-electron chi connectivity index (χ3n) is 3.63. The number of halogens is 2. The van der Waals surface area contributed by atoms with Crippen molar-refractivity contribution < 1.29 is 9.53 Å². The lowest BCUT2D eigenvalue weighted by atomic mass is 10.1. The first-order valence-electron chi connectivity index (χ1n) is 8.05. The molecule has 26 heavy (non-hydrogen) atoms. The van der Waals surface area contributed by atoms with Gasteiger partial charge in [0, 0.05) is 0 Å². The third kappa shape index (κ3) is 5.20. The minimum Gasteiger partial charge on any atom is -0.492 e. The van der Waals surface area contributed by atoms with Crippen LogP contribution in [0.2, 0.25) is 0 Å². The summed E-state index contributed by atoms with van der Waals surface area (Å²) in [6.07, 6.45) is 1.55. The second-order valence-corrected chi connectivity index (χ2v) is 7.23. The fourth-order valence-corrected chi connectivity index (χ4v) is 3.81. The molecule has 2 aromatic rings. The van der Waals surface area contributed by atoms with Gasteiger partial charge in [0.1, 0.15) is 17.4 Å². The second-order valence-electron chi connectivity index (χ2n) is 5.52. The quantitative estimate of drug-likeness (QED) is 0.447. The molecule has 0 unspecified atom stereocenters. The Morgan fingerprint density at radius 2 is 1.88 bits per heavy atom. The maximum atomic E-state index is 12.5. The van der Waals surface area contributed by atoms with E-state index in [2.05, 4.69) is 37.2 Å². The molecule has 1 amide bonds. The number of hydrogen-bond acceptors (Lipinski definition) is 3. The molecule has 0 fully saturated rings. The summed E-state index contributed by atoms with van der Waals surface area (Å²) in [6.45, 7) is 4.32. The standard InChI is InChI=1S/C20H18Br2N2O2/c1-3-26-19-17(21)10-14(11-18(19)22)9-16(12-23)20(25)24-13(2)15-7-5-4-6-8-15/h4-11,13H,3H2,1-2H3,(H,24,25)/b16-9-/t13-/m0/s1. The lowest BCUT2D eigenvalue weighted by Gasteiger charge is -2.14. The summed E-state index contributed by atoms with van der Waals surface area (Å²) < 4.78 is 7.04. The summed E-state index contributed by atoms with van der Waals surface area (Å²) in [4.78, 5) is 12.5. The van der Waals surface area contributed by atoms with Crippen LogP contribution in [-0.4, -0.2) is 12.5 Å². The number of nitrogens with one attached hydrogen (secondary N) is 1. The summed E-state index contributed by atoms with van der Waals surface area (Å²) in [6, 6.07) is 15.0. The molecule has 134 valence electrons. The predicted octanol–water partition coefficient (Wildman–Crippen LogP) is 5.39. The van der Waals surface area contributed by atoms with Crippen molar-refractivity contribution in [3.8, 4) is 11.8 Å². The Labute approximate surface area is 170 Å². The van der Waals surface area contributed by atoms with E-state index in [9.17, 15) is 10.1 Å². The lowest BCUT2D eigenvalue weighted by Crippen LogP contribution is -2.27. The monoisotopic (exact) mass is 476 g/mol. The van der Waals surface area contributed by atoms with Crippen molar-refractivity contribution in [3.05, 3.63) is 68.1 Å². The number of rotatable bonds is 6. The number of nitrogens with zero attached hydrogens (tertiary/aromatic N) is 1. The molecule has 2 aromatic carbocycles. The van der Waals surface area contributed by atoms with Gasteiger partial charge in [-0.1, -0.05) is 30.3 Å². The second kappa shape index (κ2) is 9.56. The molecule has 4 nitrogen and oxygen atoms in total. The number of carbonyl (C=O) groups is 1. The van der Waals surface area contributed by atoms with Crippen molar-refractivity contribution in [3.63, 3.8) is 0 Å². The van der Waals surface area contributed by atoms with Gasteiger partial charge in [0.25, 0.3) is 5.91 Å². The number of carbonyl (C=O) groups excluding carboxylic acids is 1. The van der Waals surface area contributed by atoms with Crippen LogP contribution in [0, 0.1) is 11.3 Å². The zero-order valence-corrected chi connectivity index (χ0v) is 17.6. The highest BCUT2D eigenvalue weighted by molar-refractivity contribution is 9.11. The molecule has 1 N–H and O–H groups in total. The number of amides is 1. The molecule has 0 bridgehead atoms. The van der Waals surface area contributed by atoms with Crippen LogP contribution in [0.5, 0.6) is 5.75 Å². The predicted molar refractivity (Wildman–Crippen MR) is 110 cm³/mol. The number of hydrogen-bond donors (Lipinski definition) is 1. The van der Waals surface area contributed by atoms with Crippen LogP contribution in [0.4, 0.5) is 0 Å². The minimum atomic E-state index is -0.412. The van der Waals surface area contributed by atoms with Crippen molar-refractivity contribution in [2.24, 2.45) is 0 Å². The molecular weight excluding hydrogens is 460 g/mol. The van der Waals surface area contributed by atoms with E-state index >= 15 is 0 Å². The van der Waals surface area contributed by atoms with Gasteiger partial charge >= 0.3 is 0 Å². The van der Waals surface area contributed by atoms with Gasteiger partial charge in [-0.05, 0) is 75.0 Å². The Morgan fingerprint density at radius 3 is 2.42 bits per heavy atom. The fourth-order valence-electron chi connectivity index (χ4n) is 2.36. The fraction of sp³-hybridized carbons (Fsp3) is 0.200. The molecule has 0 aliphatic heterocycles. The highest BCUT2D eigenvalue weighted by Crippen LogP contribution is 2.35. The van der Waals surface area contributed by atoms with Crippen LogP contribution < -0.4 is 10.1 Å². The number of nitriles is 1. The van der Waals surface area contributed by atoms with Gasteiger partial charge < -0.3 is 10.1 Å². The molecule has 0 saturated heterocycles. The van der Waals surface area contributed by atoms with Crippen LogP contribution >= 0.6 is 31.9 Å². The van der Waals surface area contributed by atoms with E-state index in [0.29, 0.717) is 17.9 Å². The van der Waals surface area contributed by atoms with Gasteiger partial charge in [0.15, 0.2) is 0 Å². The van der Waals surface area contributed by atoms with E-state index in [-0.39, 0.29) is 11.6 Å². The summed E-state index contributed by atoms with van der Waals surface area (Å²) >= 11 is 6.90. The van der Waals surface area contributed by atoms with Crippen molar-refractivity contribution in [2.45, 2.75) is 19.9 Å². The molecule has 2 rings (SSSR count). The first-order chi connectivity index (χ1) is 12.5. The molecule has 0 aliphatic rings. The maximum absolute atomic E-state index is 12.5. The summed E-state index contributed by atoms with van der Waals surface area (Å²) in [5.74, 6) is 0.273. The molecule has 0 heterocycles. The van der Waals surface area contributed by atoms with E-state index in [0.717, 1.165) is 14.5 Å². The first kappa shape index (κ1) is 20.2. The molecule has 0 radical (unpaired) electrons. The Bertz CT molecular complexity index is 835. The van der Waals surface area contributed by atoms with Crippen LogP contribution in [-0.2, 0) is 4.79 Å². The zero-order valence-electron chi connectivity index (χ0n) is 14.4. The molecule has 0 aliphatic carbocycles. The van der Waals surface area contributed by atoms with Crippen molar-refractivity contribution in [2.75, 3.05) is 6.61 Å². The van der Waals surface area contributed by atoms with E-state index in [1.165, 1.54) is 0 Å². The molecule has 0 spiro atoms. The summed E-state index contributed by atoms with van der Waals surface area (Å²) in [5.41, 5.74) is 1.73. The van der Waals surface area contributed by atoms with E-state index in [1.807, 2.05) is 50.2 Å². The minimum absolute atomic E-state index is 0.0377. The Kier molecular flexibility index (Phi) is 7.43. The number of benzene rings is 2. The highest BCUT2D eigenvalue weighted by Gasteiger charge is 2.15. The maximum Gasteiger partial charge on any atom is 0.262 e. The van der Waals surface area contributed by atoms with Gasteiger partial charge in [-0.25, -0.2) is 0 Å². The van der Waals surface area contributed by atoms with Gasteiger partial charge in [0.05, 0.1) is 21.6 Å². The van der Waals surface area contributed by atoms with Crippen LogP contribution in [0.3, 0.4) is 0 Å². The molecule has 1 atom stereocenters. The number of ether oxygens (including phenoxy) is 1. The van der Waals surface area contributed by atoms with Crippen LogP contribution in [0.25, 0.3) is 6.08 Å². The van der Waals surface area contributed by atoms with Crippen LogP contribution in [0.15, 0.2) is 57.0 Å². The van der Waals surface area contributed by atoms with Crippen molar-refractivity contribution in [1.82, 2.24) is 5.32 Å². The third-order valence-corrected chi connectivity index (χ3v) is 4.81. The summed E-state index contributed by atoms with van der Waals surface area (Å²) in [7, 11) is 0. The zero-order chi connectivity index (χ0) is 19.1. The molecule has 6 heteroatoms. The Hall–Kier alpha value is -2.10. The van der Waals surface area contributed by atoms with E-state index in [1.54, 1.807) is 18.2 Å². The van der Waals surface area contributed by atoms with Crippen molar-refractivity contribution >= 4 is 43.8 Å². The van der Waals surface area contributed by atoms with E-state index < -0.39 is 5.91 Å². The SMILES string of the molecule is CCOc1c(Br)cc(/C=C(/C#N)C(=O)N[C@@H](C)c2ccccc2)cc1Br. The topological polar surface area (TPSA) is 62.1 Å². The average molecular weight is 478 g/mol. The molecule has 0 aromatic heterocycles. The summed E-state index contributed by atoms with van der Waals surface area (Å²) in [5, 5.41) is 12.2. The van der Waals surface area contributed by atoms with Gasteiger partial charge in [-0.15, -0.1) is 0 Å². The van der Waals surface area contributed by atoms with E-state index in [4.69, 9.17) is 4.74 Å². The Balaban J connectivity index is 2.22. The highest BCUT2D eigenvalue weighted by atomic mass is 79.9. The largest absolute Gasteiger partial charge is 0.492 e. The first-order valence-corrected chi connectivity index (χ1v) is 9.64. The molecular formula is C20H18Br2N2O2. The van der Waals surface area contributed by atoms with Gasteiger partial charge in [-0.3, -0.25) is 4.79 Å². The van der Waals surface area contributed by atoms with Gasteiger partial charge in [0.2, 0.25) is 0 Å². The van der Waals surface area contributed by atoms with Crippen LogP contribution in [0.1, 0.15) is 31.0 Å². The molecule has 0 saturated carbocycles. The average Bonchev–Trinajstić information content (AvgIpc) is 2.63. The smallest absolute Gasteiger partial charge is 0.262 e. The Morgan fingerprint density at radius 1 is 1.27 bits per heavy atom. The van der Waals surface area contributed by atoms with Crippen molar-refractivity contribution in [1.29, 1.82) is 5.26 Å². The van der Waals surface area contributed by atoms with Gasteiger partial charge in [-0.2, -0.15) is 5.26 Å². The normalized spacial score (nSPS) is 12.2.